The lowest BCUT2D eigenvalue weighted by Crippen LogP contribution is -2.68. The van der Waals surface area contributed by atoms with Gasteiger partial charge in [0.25, 0.3) is 5.91 Å². The lowest BCUT2D eigenvalue weighted by Gasteiger charge is -2.48. The number of pyridine rings is 1. The molecule has 2 heterocycles. The molecular formula is C40H45N3O13S. The standard InChI is InChI=1S/C40H45N3O13S/c1-23-12-15-30(16-13-23)57-40(39(50)51-6)19-32(53-25(3)45)36(43-35(49)22-52-24(2)44)38(56-40)37(55-27(5)47)33(54-26(4)46)21-42-34(48)18-28-14-17-31(41-20-28)29-10-8-7-9-11-29/h7-17,20,32-33,36-38H,18-19,21-22H2,1-6H3,(H,42,48)(H,43,49)/t32-,33+,36+,37+,38+,40-/m0/s1. The summed E-state index contributed by atoms with van der Waals surface area (Å²) in [6.07, 6.45) is -5.20. The van der Waals surface area contributed by atoms with E-state index in [9.17, 15) is 33.6 Å². The fourth-order valence-corrected chi connectivity index (χ4v) is 7.29. The van der Waals surface area contributed by atoms with E-state index in [4.69, 9.17) is 28.4 Å². The molecule has 304 valence electrons. The van der Waals surface area contributed by atoms with E-state index in [2.05, 4.69) is 15.6 Å². The Morgan fingerprint density at radius 1 is 0.860 bits per heavy atom. The van der Waals surface area contributed by atoms with Gasteiger partial charge < -0.3 is 39.1 Å². The molecule has 0 spiro atoms. The number of thioether (sulfide) groups is 1. The van der Waals surface area contributed by atoms with Crippen LogP contribution in [0.3, 0.4) is 0 Å². The predicted molar refractivity (Wildman–Crippen MR) is 203 cm³/mol. The van der Waals surface area contributed by atoms with Gasteiger partial charge in [0, 0.05) is 50.8 Å². The van der Waals surface area contributed by atoms with Crippen molar-refractivity contribution in [1.82, 2.24) is 15.6 Å². The minimum absolute atomic E-state index is 0.130. The van der Waals surface area contributed by atoms with Crippen molar-refractivity contribution in [2.75, 3.05) is 20.3 Å². The molecule has 0 unspecified atom stereocenters. The van der Waals surface area contributed by atoms with Crippen molar-refractivity contribution in [1.29, 1.82) is 0 Å². The van der Waals surface area contributed by atoms with Crippen molar-refractivity contribution in [2.45, 2.75) is 87.7 Å². The highest BCUT2D eigenvalue weighted by Crippen LogP contribution is 2.46. The second-order valence-corrected chi connectivity index (χ2v) is 14.4. The molecule has 57 heavy (non-hydrogen) atoms. The largest absolute Gasteiger partial charge is 0.466 e. The maximum Gasteiger partial charge on any atom is 0.349 e. The van der Waals surface area contributed by atoms with E-state index in [0.29, 0.717) is 16.2 Å². The number of hydrogen-bond donors (Lipinski definition) is 2. The van der Waals surface area contributed by atoms with Gasteiger partial charge in [-0.15, -0.1) is 0 Å². The number of carbonyl (C=O) groups excluding carboxylic acids is 7. The highest BCUT2D eigenvalue weighted by Gasteiger charge is 2.59. The third-order valence-electron chi connectivity index (χ3n) is 8.47. The third kappa shape index (κ3) is 12.9. The number of nitrogens with one attached hydrogen (secondary N) is 2. The average molecular weight is 808 g/mol. The number of methoxy groups -OCH3 is 1. The molecule has 3 aromatic rings. The minimum atomic E-state index is -2.02. The quantitative estimate of drug-likeness (QED) is 0.157. The van der Waals surface area contributed by atoms with Crippen molar-refractivity contribution in [3.05, 3.63) is 84.1 Å². The molecule has 1 fully saturated rings. The molecule has 1 aliphatic rings. The van der Waals surface area contributed by atoms with E-state index < -0.39 is 96.6 Å². The van der Waals surface area contributed by atoms with Gasteiger partial charge in [-0.1, -0.05) is 65.9 Å². The second kappa shape index (κ2) is 20.4. The van der Waals surface area contributed by atoms with E-state index >= 15 is 0 Å². The van der Waals surface area contributed by atoms with Crippen LogP contribution in [0.25, 0.3) is 11.3 Å². The van der Waals surface area contributed by atoms with Gasteiger partial charge in [0.15, 0.2) is 18.8 Å². The lowest BCUT2D eigenvalue weighted by atomic mass is 9.89. The molecule has 4 rings (SSSR count). The summed E-state index contributed by atoms with van der Waals surface area (Å²) in [4.78, 5) is 92.8. The zero-order chi connectivity index (χ0) is 41.7. The van der Waals surface area contributed by atoms with Crippen molar-refractivity contribution < 1.29 is 62.0 Å². The molecule has 17 heteroatoms. The Morgan fingerprint density at radius 3 is 2.12 bits per heavy atom. The summed E-state index contributed by atoms with van der Waals surface area (Å²) in [5.74, 6) is -5.62. The Hall–Kier alpha value is -5.81. The van der Waals surface area contributed by atoms with E-state index in [1.54, 1.807) is 42.6 Å². The molecule has 0 aliphatic carbocycles. The fourth-order valence-electron chi connectivity index (χ4n) is 6.06. The fraction of sp³-hybridized carbons (Fsp3) is 0.400. The first-order valence-corrected chi connectivity index (χ1v) is 18.6. The van der Waals surface area contributed by atoms with Crippen molar-refractivity contribution >= 4 is 53.4 Å². The summed E-state index contributed by atoms with van der Waals surface area (Å²) >= 11 is 0.910. The Morgan fingerprint density at radius 2 is 1.54 bits per heavy atom. The SMILES string of the molecule is COC(=O)[C@@]1(Sc2ccc(C)cc2)C[C@H](OC(C)=O)[C@@H](NC(=O)COC(C)=O)[C@H]([C@H](OC(C)=O)[C@@H](CNC(=O)Cc2ccc(-c3ccccc3)nc2)OC(C)=O)O1. The highest BCUT2D eigenvalue weighted by molar-refractivity contribution is 8.01. The number of esters is 5. The Kier molecular flexibility index (Phi) is 15.7. The number of hydrogen-bond acceptors (Lipinski definition) is 15. The second-order valence-electron chi connectivity index (χ2n) is 13.1. The monoisotopic (exact) mass is 807 g/mol. The van der Waals surface area contributed by atoms with Crippen LogP contribution in [0.1, 0.15) is 45.2 Å². The summed E-state index contributed by atoms with van der Waals surface area (Å²) < 4.78 is 33.7. The van der Waals surface area contributed by atoms with E-state index in [1.165, 1.54) is 0 Å². The van der Waals surface area contributed by atoms with Crippen molar-refractivity contribution in [3.63, 3.8) is 0 Å². The predicted octanol–water partition coefficient (Wildman–Crippen LogP) is 3.01. The zero-order valence-corrected chi connectivity index (χ0v) is 33.1. The molecule has 1 aromatic heterocycles. The number of carbonyl (C=O) groups is 7. The van der Waals surface area contributed by atoms with E-state index in [-0.39, 0.29) is 6.42 Å². The smallest absolute Gasteiger partial charge is 0.349 e. The summed E-state index contributed by atoms with van der Waals surface area (Å²) in [7, 11) is 1.12. The van der Waals surface area contributed by atoms with Crippen LogP contribution >= 0.6 is 11.8 Å². The van der Waals surface area contributed by atoms with Gasteiger partial charge in [0.1, 0.15) is 12.2 Å². The Bertz CT molecular complexity index is 1910. The van der Waals surface area contributed by atoms with Crippen LogP contribution in [0.2, 0.25) is 0 Å². The number of rotatable bonds is 16. The van der Waals surface area contributed by atoms with Gasteiger partial charge in [-0.2, -0.15) is 0 Å². The number of amides is 2. The first kappa shape index (κ1) is 43.9. The third-order valence-corrected chi connectivity index (χ3v) is 9.74. The first-order chi connectivity index (χ1) is 27.1. The summed E-state index contributed by atoms with van der Waals surface area (Å²) in [5, 5.41) is 5.31. The number of benzene rings is 2. The summed E-state index contributed by atoms with van der Waals surface area (Å²) in [6.45, 7) is 5.03. The molecule has 1 aliphatic heterocycles. The number of aromatic nitrogens is 1. The lowest BCUT2D eigenvalue weighted by molar-refractivity contribution is -0.221. The van der Waals surface area contributed by atoms with Gasteiger partial charge in [-0.3, -0.25) is 33.8 Å². The Balaban J connectivity index is 1.74. The van der Waals surface area contributed by atoms with Crippen molar-refractivity contribution in [3.8, 4) is 11.3 Å². The van der Waals surface area contributed by atoms with Gasteiger partial charge in [0.05, 0.1) is 31.8 Å². The summed E-state index contributed by atoms with van der Waals surface area (Å²) in [5.41, 5.74) is 3.09. The van der Waals surface area contributed by atoms with Crippen LogP contribution in [0.5, 0.6) is 0 Å². The summed E-state index contributed by atoms with van der Waals surface area (Å²) in [6, 6.07) is 18.6. The van der Waals surface area contributed by atoms with Crippen LogP contribution in [0, 0.1) is 6.92 Å². The molecular weight excluding hydrogens is 763 g/mol. The Labute approximate surface area is 333 Å². The molecule has 6 atom stereocenters. The highest BCUT2D eigenvalue weighted by atomic mass is 32.2. The molecule has 16 nitrogen and oxygen atoms in total. The van der Waals surface area contributed by atoms with Crippen LogP contribution in [-0.2, 0) is 68.4 Å². The number of ether oxygens (including phenoxy) is 6. The maximum absolute atomic E-state index is 13.8. The van der Waals surface area contributed by atoms with Crippen LogP contribution in [0.15, 0.2) is 77.8 Å². The molecule has 2 N–H and O–H groups in total. The number of aryl methyl sites for hydroxylation is 1. The molecule has 0 radical (unpaired) electrons. The molecule has 1 saturated heterocycles. The molecule has 0 bridgehead atoms. The minimum Gasteiger partial charge on any atom is -0.466 e. The average Bonchev–Trinajstić information content (AvgIpc) is 3.16. The molecule has 2 aromatic carbocycles. The number of nitrogens with zero attached hydrogens (tertiary/aromatic N) is 1. The molecule has 0 saturated carbocycles. The maximum atomic E-state index is 13.8. The van der Waals surface area contributed by atoms with E-state index in [1.807, 2.05) is 37.3 Å². The van der Waals surface area contributed by atoms with Crippen LogP contribution < -0.4 is 10.6 Å². The topological polar surface area (TPSA) is 212 Å². The first-order valence-electron chi connectivity index (χ1n) is 17.8. The van der Waals surface area contributed by atoms with Crippen LogP contribution in [0.4, 0.5) is 0 Å². The normalized spacial score (nSPS) is 19.8. The molecule has 2 amide bonds. The van der Waals surface area contributed by atoms with Gasteiger partial charge in [-0.25, -0.2) is 4.79 Å². The van der Waals surface area contributed by atoms with Gasteiger partial charge >= 0.3 is 29.8 Å². The van der Waals surface area contributed by atoms with Gasteiger partial charge in [-0.05, 0) is 30.7 Å². The zero-order valence-electron chi connectivity index (χ0n) is 32.3. The van der Waals surface area contributed by atoms with Gasteiger partial charge in [0.2, 0.25) is 10.8 Å². The van der Waals surface area contributed by atoms with Crippen molar-refractivity contribution in [2.24, 2.45) is 0 Å². The van der Waals surface area contributed by atoms with Crippen LogP contribution in [-0.4, -0.2) is 102 Å². The van der Waals surface area contributed by atoms with E-state index in [0.717, 1.165) is 57.7 Å².